The van der Waals surface area contributed by atoms with Gasteiger partial charge in [-0.25, -0.2) is 13.1 Å². The lowest BCUT2D eigenvalue weighted by atomic mass is 10.1. The van der Waals surface area contributed by atoms with E-state index in [1.807, 2.05) is 32.0 Å². The van der Waals surface area contributed by atoms with Crippen molar-refractivity contribution in [3.8, 4) is 0 Å². The summed E-state index contributed by atoms with van der Waals surface area (Å²) < 4.78 is 24.3. The summed E-state index contributed by atoms with van der Waals surface area (Å²) in [5, 5.41) is 2.84. The third kappa shape index (κ3) is 6.68. The number of hydrogen-bond acceptors (Lipinski definition) is 3. The first kappa shape index (κ1) is 16.7. The highest BCUT2D eigenvalue weighted by Gasteiger charge is 2.07. The summed E-state index contributed by atoms with van der Waals surface area (Å²) in [5.74, 6) is -0.0869. The first-order valence-corrected chi connectivity index (χ1v) is 8.51. The second-order valence-electron chi connectivity index (χ2n) is 5.10. The van der Waals surface area contributed by atoms with Crippen LogP contribution in [0.15, 0.2) is 24.3 Å². The molecule has 0 aliphatic heterocycles. The van der Waals surface area contributed by atoms with Crippen molar-refractivity contribution < 1.29 is 13.2 Å². The van der Waals surface area contributed by atoms with E-state index in [4.69, 9.17) is 0 Å². The van der Waals surface area contributed by atoms with E-state index < -0.39 is 10.0 Å². The molecule has 1 rings (SSSR count). The summed E-state index contributed by atoms with van der Waals surface area (Å²) in [5.41, 5.74) is 1.66. The van der Waals surface area contributed by atoms with Gasteiger partial charge in [-0.3, -0.25) is 4.79 Å². The molecule has 0 aliphatic rings. The maximum atomic E-state index is 11.9. The Labute approximate surface area is 120 Å². The van der Waals surface area contributed by atoms with Gasteiger partial charge in [-0.1, -0.05) is 12.1 Å². The van der Waals surface area contributed by atoms with Gasteiger partial charge in [0.2, 0.25) is 10.0 Å². The zero-order valence-electron chi connectivity index (χ0n) is 12.1. The monoisotopic (exact) mass is 298 g/mol. The SMILES string of the molecule is CC(C)NC(=O)c1cccc(CCCNS(C)(=O)=O)c1. The minimum absolute atomic E-state index is 0.0869. The number of carbonyl (C=O) groups excluding carboxylic acids is 1. The second-order valence-corrected chi connectivity index (χ2v) is 6.93. The molecule has 0 spiro atoms. The molecule has 0 bridgehead atoms. The molecule has 0 saturated carbocycles. The van der Waals surface area contributed by atoms with Gasteiger partial charge in [0.15, 0.2) is 0 Å². The molecule has 1 aromatic carbocycles. The van der Waals surface area contributed by atoms with Crippen LogP contribution in [0, 0.1) is 0 Å². The van der Waals surface area contributed by atoms with Crippen LogP contribution in [0.1, 0.15) is 36.2 Å². The van der Waals surface area contributed by atoms with Gasteiger partial charge in [0.05, 0.1) is 6.26 Å². The molecular formula is C14H22N2O3S. The fourth-order valence-corrected chi connectivity index (χ4v) is 2.28. The minimum atomic E-state index is -3.13. The fourth-order valence-electron chi connectivity index (χ4n) is 1.76. The van der Waals surface area contributed by atoms with Crippen LogP contribution in [-0.2, 0) is 16.4 Å². The maximum absolute atomic E-state index is 11.9. The van der Waals surface area contributed by atoms with E-state index in [0.29, 0.717) is 18.5 Å². The molecule has 2 N–H and O–H groups in total. The Morgan fingerprint density at radius 1 is 1.30 bits per heavy atom. The smallest absolute Gasteiger partial charge is 0.251 e. The molecule has 0 fully saturated rings. The molecule has 1 aromatic rings. The van der Waals surface area contributed by atoms with Crippen LogP contribution in [-0.4, -0.2) is 33.2 Å². The Morgan fingerprint density at radius 3 is 2.60 bits per heavy atom. The molecule has 0 radical (unpaired) electrons. The van der Waals surface area contributed by atoms with Crippen molar-refractivity contribution in [3.05, 3.63) is 35.4 Å². The van der Waals surface area contributed by atoms with Gasteiger partial charge in [0.1, 0.15) is 0 Å². The molecule has 112 valence electrons. The number of nitrogens with one attached hydrogen (secondary N) is 2. The predicted octanol–water partition coefficient (Wildman–Crippen LogP) is 1.31. The normalized spacial score (nSPS) is 11.6. The van der Waals surface area contributed by atoms with E-state index in [-0.39, 0.29) is 11.9 Å². The number of rotatable bonds is 7. The summed E-state index contributed by atoms with van der Waals surface area (Å²) in [7, 11) is -3.13. The molecule has 0 atom stereocenters. The maximum Gasteiger partial charge on any atom is 0.251 e. The fraction of sp³-hybridized carbons (Fsp3) is 0.500. The van der Waals surface area contributed by atoms with Gasteiger partial charge >= 0.3 is 0 Å². The Hall–Kier alpha value is -1.40. The third-order valence-corrected chi connectivity index (χ3v) is 3.34. The molecule has 0 aliphatic carbocycles. The van der Waals surface area contributed by atoms with E-state index in [1.165, 1.54) is 0 Å². The van der Waals surface area contributed by atoms with Crippen molar-refractivity contribution in [2.24, 2.45) is 0 Å². The molecule has 0 unspecified atom stereocenters. The second kappa shape index (κ2) is 7.40. The lowest BCUT2D eigenvalue weighted by Crippen LogP contribution is -2.30. The summed E-state index contributed by atoms with van der Waals surface area (Å²) in [6.45, 7) is 4.23. The largest absolute Gasteiger partial charge is 0.350 e. The highest BCUT2D eigenvalue weighted by molar-refractivity contribution is 7.88. The zero-order valence-corrected chi connectivity index (χ0v) is 13.0. The van der Waals surface area contributed by atoms with Gasteiger partial charge in [0.25, 0.3) is 5.91 Å². The summed E-state index contributed by atoms with van der Waals surface area (Å²) in [6.07, 6.45) is 2.57. The molecule has 20 heavy (non-hydrogen) atoms. The molecule has 6 heteroatoms. The van der Waals surface area contributed by atoms with Crippen LogP contribution in [0.2, 0.25) is 0 Å². The van der Waals surface area contributed by atoms with Crippen LogP contribution in [0.3, 0.4) is 0 Å². The van der Waals surface area contributed by atoms with E-state index in [1.54, 1.807) is 6.07 Å². The molecule has 0 aromatic heterocycles. The standard InChI is InChI=1S/C14H22N2O3S/c1-11(2)16-14(17)13-8-4-6-12(10-13)7-5-9-15-20(3,18)19/h4,6,8,10-11,15H,5,7,9H2,1-3H3,(H,16,17). The van der Waals surface area contributed by atoms with E-state index >= 15 is 0 Å². The van der Waals surface area contributed by atoms with Crippen LogP contribution >= 0.6 is 0 Å². The Kier molecular flexibility index (Phi) is 6.16. The quantitative estimate of drug-likeness (QED) is 0.745. The molecule has 5 nitrogen and oxygen atoms in total. The zero-order chi connectivity index (χ0) is 15.2. The Morgan fingerprint density at radius 2 is 2.00 bits per heavy atom. The van der Waals surface area contributed by atoms with E-state index in [9.17, 15) is 13.2 Å². The number of sulfonamides is 1. The number of carbonyl (C=O) groups is 1. The van der Waals surface area contributed by atoms with Crippen LogP contribution < -0.4 is 10.0 Å². The summed E-state index contributed by atoms with van der Waals surface area (Å²) >= 11 is 0. The highest BCUT2D eigenvalue weighted by atomic mass is 32.2. The average molecular weight is 298 g/mol. The third-order valence-electron chi connectivity index (χ3n) is 2.62. The summed E-state index contributed by atoms with van der Waals surface area (Å²) in [6, 6.07) is 7.50. The average Bonchev–Trinajstić information content (AvgIpc) is 2.33. The van der Waals surface area contributed by atoms with Crippen LogP contribution in [0.25, 0.3) is 0 Å². The first-order valence-electron chi connectivity index (χ1n) is 6.62. The van der Waals surface area contributed by atoms with Crippen molar-refractivity contribution in [2.45, 2.75) is 32.7 Å². The molecular weight excluding hydrogens is 276 g/mol. The number of benzene rings is 1. The first-order chi connectivity index (χ1) is 9.28. The van der Waals surface area contributed by atoms with Crippen molar-refractivity contribution in [1.82, 2.24) is 10.0 Å². The number of hydrogen-bond donors (Lipinski definition) is 2. The number of aryl methyl sites for hydroxylation is 1. The van der Waals surface area contributed by atoms with Gasteiger partial charge in [-0.15, -0.1) is 0 Å². The van der Waals surface area contributed by atoms with Crippen LogP contribution in [0.4, 0.5) is 0 Å². The predicted molar refractivity (Wildman–Crippen MR) is 80.2 cm³/mol. The van der Waals surface area contributed by atoms with Gasteiger partial charge < -0.3 is 5.32 Å². The Bertz CT molecular complexity index is 553. The van der Waals surface area contributed by atoms with E-state index in [0.717, 1.165) is 18.2 Å². The lowest BCUT2D eigenvalue weighted by molar-refractivity contribution is 0.0943. The molecule has 0 heterocycles. The van der Waals surface area contributed by atoms with Gasteiger partial charge in [-0.2, -0.15) is 0 Å². The molecule has 1 amide bonds. The van der Waals surface area contributed by atoms with Crippen molar-refractivity contribution >= 4 is 15.9 Å². The van der Waals surface area contributed by atoms with Crippen molar-refractivity contribution in [3.63, 3.8) is 0 Å². The summed E-state index contributed by atoms with van der Waals surface area (Å²) in [4.78, 5) is 11.9. The van der Waals surface area contributed by atoms with Gasteiger partial charge in [0, 0.05) is 18.2 Å². The van der Waals surface area contributed by atoms with Gasteiger partial charge in [-0.05, 0) is 44.4 Å². The lowest BCUT2D eigenvalue weighted by Gasteiger charge is -2.09. The topological polar surface area (TPSA) is 75.3 Å². The number of amides is 1. The van der Waals surface area contributed by atoms with Crippen molar-refractivity contribution in [1.29, 1.82) is 0 Å². The highest BCUT2D eigenvalue weighted by Crippen LogP contribution is 2.08. The van der Waals surface area contributed by atoms with Crippen LogP contribution in [0.5, 0.6) is 0 Å². The minimum Gasteiger partial charge on any atom is -0.350 e. The Balaban J connectivity index is 2.54. The van der Waals surface area contributed by atoms with E-state index in [2.05, 4.69) is 10.0 Å². The van der Waals surface area contributed by atoms with Crippen molar-refractivity contribution in [2.75, 3.05) is 12.8 Å². The molecule has 0 saturated heterocycles.